The van der Waals surface area contributed by atoms with Gasteiger partial charge in [-0.3, -0.25) is 4.79 Å². The topological polar surface area (TPSA) is 26.3 Å². The van der Waals surface area contributed by atoms with Crippen molar-refractivity contribution in [3.8, 4) is 5.75 Å². The molecule has 2 aliphatic rings. The highest BCUT2D eigenvalue weighted by Gasteiger charge is 2.56. The number of carbonyl (C=O) groups excluding carboxylic acids is 1. The van der Waals surface area contributed by atoms with Gasteiger partial charge in [0.25, 0.3) is 0 Å². The summed E-state index contributed by atoms with van der Waals surface area (Å²) in [6.07, 6.45) is 6.40. The number of benzene rings is 1. The number of hydrogen-bond donors (Lipinski definition) is 0. The molecule has 0 aliphatic heterocycles. The van der Waals surface area contributed by atoms with E-state index in [4.69, 9.17) is 4.74 Å². The van der Waals surface area contributed by atoms with E-state index in [2.05, 4.69) is 26.0 Å². The van der Waals surface area contributed by atoms with Crippen LogP contribution < -0.4 is 4.74 Å². The summed E-state index contributed by atoms with van der Waals surface area (Å²) in [7, 11) is 0. The molecule has 0 aromatic heterocycles. The van der Waals surface area contributed by atoms with E-state index in [-0.39, 0.29) is 11.5 Å². The predicted molar refractivity (Wildman–Crippen MR) is 75.5 cm³/mol. The number of carbonyl (C=O) groups is 1. The molecule has 3 rings (SSSR count). The largest absolute Gasteiger partial charge is 0.489 e. The first kappa shape index (κ1) is 12.7. The Hall–Kier alpha value is -1.31. The third-order valence-corrected chi connectivity index (χ3v) is 4.89. The van der Waals surface area contributed by atoms with Crippen LogP contribution in [0.4, 0.5) is 0 Å². The zero-order valence-corrected chi connectivity index (χ0v) is 11.9. The van der Waals surface area contributed by atoms with Gasteiger partial charge >= 0.3 is 0 Å². The Labute approximate surface area is 115 Å². The normalized spacial score (nSPS) is 25.2. The fourth-order valence-electron chi connectivity index (χ4n) is 3.64. The van der Waals surface area contributed by atoms with E-state index >= 15 is 0 Å². The predicted octanol–water partition coefficient (Wildman–Crippen LogP) is 3.97. The number of Topliss-reactive ketones (excluding diaryl/α,β-unsaturated/α-hetero) is 1. The number of ether oxygens (including phenoxy) is 1. The van der Waals surface area contributed by atoms with Crippen LogP contribution in [0.1, 0.15) is 49.7 Å². The Morgan fingerprint density at radius 1 is 1.16 bits per heavy atom. The standard InChI is InChI=1S/C17H22O2/c1-12-6-7-14(13(2)10-12)19-16-11-15(18)17(16)8-4-3-5-9-17/h6-7,10,16H,3-5,8-9,11H2,1-2H3. The molecule has 1 aromatic carbocycles. The van der Waals surface area contributed by atoms with Gasteiger partial charge in [0.05, 0.1) is 5.41 Å². The van der Waals surface area contributed by atoms with Crippen LogP contribution in [0.5, 0.6) is 5.75 Å². The molecule has 0 N–H and O–H groups in total. The first-order chi connectivity index (χ1) is 9.12. The lowest BCUT2D eigenvalue weighted by Crippen LogP contribution is -2.57. The van der Waals surface area contributed by atoms with Crippen molar-refractivity contribution in [3.63, 3.8) is 0 Å². The lowest BCUT2D eigenvalue weighted by atomic mass is 9.57. The average Bonchev–Trinajstić information content (AvgIpc) is 2.42. The first-order valence-corrected chi connectivity index (χ1v) is 7.39. The third kappa shape index (κ3) is 2.07. The van der Waals surface area contributed by atoms with E-state index in [9.17, 15) is 4.79 Å². The molecule has 0 amide bonds. The van der Waals surface area contributed by atoms with Crippen LogP contribution in [0, 0.1) is 19.3 Å². The van der Waals surface area contributed by atoms with Crippen molar-refractivity contribution >= 4 is 5.78 Å². The summed E-state index contributed by atoms with van der Waals surface area (Å²) in [5, 5.41) is 0. The highest BCUT2D eigenvalue weighted by Crippen LogP contribution is 2.50. The van der Waals surface area contributed by atoms with Crippen LogP contribution in [0.2, 0.25) is 0 Å². The molecule has 1 spiro atoms. The smallest absolute Gasteiger partial charge is 0.146 e. The zero-order valence-electron chi connectivity index (χ0n) is 11.9. The molecule has 19 heavy (non-hydrogen) atoms. The summed E-state index contributed by atoms with van der Waals surface area (Å²) < 4.78 is 6.18. The molecule has 0 bridgehead atoms. The maximum absolute atomic E-state index is 12.1. The molecule has 1 unspecified atom stereocenters. The van der Waals surface area contributed by atoms with E-state index in [0.717, 1.165) is 18.6 Å². The van der Waals surface area contributed by atoms with Gasteiger partial charge in [0.2, 0.25) is 0 Å². The number of rotatable bonds is 2. The van der Waals surface area contributed by atoms with Gasteiger partial charge in [0, 0.05) is 6.42 Å². The van der Waals surface area contributed by atoms with Crippen LogP contribution in [0.25, 0.3) is 0 Å². The van der Waals surface area contributed by atoms with Gasteiger partial charge in [0.15, 0.2) is 0 Å². The number of ketones is 1. The molecule has 0 heterocycles. The maximum Gasteiger partial charge on any atom is 0.146 e. The van der Waals surface area contributed by atoms with Gasteiger partial charge in [-0.15, -0.1) is 0 Å². The van der Waals surface area contributed by atoms with Crippen LogP contribution in [-0.2, 0) is 4.79 Å². The molecule has 0 radical (unpaired) electrons. The van der Waals surface area contributed by atoms with E-state index in [1.165, 1.54) is 30.4 Å². The molecule has 2 heteroatoms. The number of aryl methyl sites for hydroxylation is 2. The highest BCUT2D eigenvalue weighted by atomic mass is 16.5. The van der Waals surface area contributed by atoms with Gasteiger partial charge in [-0.1, -0.05) is 37.0 Å². The van der Waals surface area contributed by atoms with E-state index in [1.54, 1.807) is 0 Å². The van der Waals surface area contributed by atoms with Crippen LogP contribution in [0.3, 0.4) is 0 Å². The van der Waals surface area contributed by atoms with Crippen molar-refractivity contribution < 1.29 is 9.53 Å². The lowest BCUT2D eigenvalue weighted by Gasteiger charge is -2.49. The lowest BCUT2D eigenvalue weighted by molar-refractivity contribution is -0.156. The molecule has 1 atom stereocenters. The van der Waals surface area contributed by atoms with Gasteiger partial charge in [0.1, 0.15) is 17.6 Å². The molecule has 2 saturated carbocycles. The second-order valence-corrected chi connectivity index (χ2v) is 6.22. The van der Waals surface area contributed by atoms with Crippen molar-refractivity contribution in [1.82, 2.24) is 0 Å². The first-order valence-electron chi connectivity index (χ1n) is 7.39. The Bertz CT molecular complexity index is 498. The minimum absolute atomic E-state index is 0.113. The molecule has 1 aromatic rings. The Kier molecular flexibility index (Phi) is 3.12. The Morgan fingerprint density at radius 3 is 2.53 bits per heavy atom. The molecular formula is C17H22O2. The SMILES string of the molecule is Cc1ccc(OC2CC(=O)C23CCCCC3)c(C)c1. The van der Waals surface area contributed by atoms with Gasteiger partial charge < -0.3 is 4.74 Å². The van der Waals surface area contributed by atoms with Crippen molar-refractivity contribution in [2.45, 2.75) is 58.5 Å². The summed E-state index contributed by atoms with van der Waals surface area (Å²) in [5.74, 6) is 1.38. The Balaban J connectivity index is 1.78. The van der Waals surface area contributed by atoms with Crippen molar-refractivity contribution in [3.05, 3.63) is 29.3 Å². The van der Waals surface area contributed by atoms with Gasteiger partial charge in [-0.25, -0.2) is 0 Å². The Morgan fingerprint density at radius 2 is 1.89 bits per heavy atom. The van der Waals surface area contributed by atoms with Crippen molar-refractivity contribution in [2.75, 3.05) is 0 Å². The average molecular weight is 258 g/mol. The second kappa shape index (κ2) is 4.66. The fraction of sp³-hybridized carbons (Fsp3) is 0.588. The third-order valence-electron chi connectivity index (χ3n) is 4.89. The molecule has 2 fully saturated rings. The summed E-state index contributed by atoms with van der Waals surface area (Å²) in [6.45, 7) is 4.17. The molecule has 2 nitrogen and oxygen atoms in total. The second-order valence-electron chi connectivity index (χ2n) is 6.22. The molecule has 102 valence electrons. The minimum Gasteiger partial charge on any atom is -0.489 e. The zero-order chi connectivity index (χ0) is 13.5. The van der Waals surface area contributed by atoms with E-state index < -0.39 is 0 Å². The molecule has 0 saturated heterocycles. The highest BCUT2D eigenvalue weighted by molar-refractivity contribution is 5.92. The molecular weight excluding hydrogens is 236 g/mol. The fourth-order valence-corrected chi connectivity index (χ4v) is 3.64. The quantitative estimate of drug-likeness (QED) is 0.802. The molecule has 2 aliphatic carbocycles. The van der Waals surface area contributed by atoms with E-state index in [0.29, 0.717) is 12.2 Å². The van der Waals surface area contributed by atoms with Crippen molar-refractivity contribution in [2.24, 2.45) is 5.41 Å². The number of hydrogen-bond acceptors (Lipinski definition) is 2. The maximum atomic E-state index is 12.1. The van der Waals surface area contributed by atoms with Gasteiger partial charge in [-0.2, -0.15) is 0 Å². The van der Waals surface area contributed by atoms with Crippen LogP contribution in [0.15, 0.2) is 18.2 Å². The summed E-state index contributed by atoms with van der Waals surface area (Å²) in [4.78, 5) is 12.1. The summed E-state index contributed by atoms with van der Waals surface area (Å²) in [5.41, 5.74) is 2.28. The summed E-state index contributed by atoms with van der Waals surface area (Å²) >= 11 is 0. The summed E-state index contributed by atoms with van der Waals surface area (Å²) in [6, 6.07) is 6.27. The van der Waals surface area contributed by atoms with Crippen molar-refractivity contribution in [1.29, 1.82) is 0 Å². The van der Waals surface area contributed by atoms with Crippen LogP contribution in [-0.4, -0.2) is 11.9 Å². The van der Waals surface area contributed by atoms with E-state index in [1.807, 2.05) is 6.07 Å². The monoisotopic (exact) mass is 258 g/mol. The minimum atomic E-state index is -0.143. The van der Waals surface area contributed by atoms with Gasteiger partial charge in [-0.05, 0) is 38.3 Å². The van der Waals surface area contributed by atoms with Crippen LogP contribution >= 0.6 is 0 Å².